The minimum absolute atomic E-state index is 0.0204. The topological polar surface area (TPSA) is 52.7 Å². The van der Waals surface area contributed by atoms with E-state index in [-0.39, 0.29) is 17.7 Å². The minimum Gasteiger partial charge on any atom is -0.351 e. The normalized spacial score (nSPS) is 14.5. The lowest BCUT2D eigenvalue weighted by Crippen LogP contribution is -2.50. The lowest BCUT2D eigenvalue weighted by atomic mass is 9.88. The van der Waals surface area contributed by atoms with Gasteiger partial charge < -0.3 is 10.2 Å². The second kappa shape index (κ2) is 11.1. The van der Waals surface area contributed by atoms with Crippen molar-refractivity contribution in [2.45, 2.75) is 12.3 Å². The van der Waals surface area contributed by atoms with E-state index in [0.717, 1.165) is 38.3 Å². The number of nitrogens with one attached hydrogen (secondary N) is 1. The molecule has 1 aromatic heterocycles. The smallest absolute Gasteiger partial charge is 0.252 e. The summed E-state index contributed by atoms with van der Waals surface area (Å²) in [5, 5.41) is 6.74. The average Bonchev–Trinajstić information content (AvgIpc) is 3.39. The Hall–Kier alpha value is -2.96. The second-order valence-corrected chi connectivity index (χ2v) is 8.85. The van der Waals surface area contributed by atoms with Gasteiger partial charge in [-0.15, -0.1) is 0 Å². The van der Waals surface area contributed by atoms with E-state index in [1.807, 2.05) is 58.1 Å². The summed E-state index contributed by atoms with van der Waals surface area (Å²) in [5.74, 6) is 0.247. The maximum absolute atomic E-state index is 13.1. The Morgan fingerprint density at radius 3 is 2.06 bits per heavy atom. The zero-order valence-electron chi connectivity index (χ0n) is 18.2. The molecule has 3 aromatic rings. The first kappa shape index (κ1) is 22.2. The fraction of sp³-hybridized carbons (Fsp3) is 0.308. The Balaban J connectivity index is 1.27. The third-order valence-electron chi connectivity index (χ3n) is 6.00. The van der Waals surface area contributed by atoms with Gasteiger partial charge in [0.1, 0.15) is 0 Å². The number of hydrogen-bond acceptors (Lipinski definition) is 4. The van der Waals surface area contributed by atoms with Crippen LogP contribution in [0.25, 0.3) is 0 Å². The lowest BCUT2D eigenvalue weighted by Gasteiger charge is -2.35. The number of carbonyl (C=O) groups is 2. The summed E-state index contributed by atoms with van der Waals surface area (Å²) in [6.07, 6.45) is 0.477. The van der Waals surface area contributed by atoms with Crippen LogP contribution in [0.5, 0.6) is 0 Å². The van der Waals surface area contributed by atoms with Crippen LogP contribution in [-0.4, -0.2) is 60.9 Å². The molecule has 0 atom stereocenters. The van der Waals surface area contributed by atoms with Crippen LogP contribution in [0.15, 0.2) is 77.5 Å². The first-order valence-corrected chi connectivity index (χ1v) is 12.1. The van der Waals surface area contributed by atoms with Gasteiger partial charge in [-0.1, -0.05) is 60.7 Å². The number of thiophene rings is 1. The molecule has 166 valence electrons. The minimum atomic E-state index is -0.0204. The van der Waals surface area contributed by atoms with Crippen molar-refractivity contribution in [2.24, 2.45) is 0 Å². The van der Waals surface area contributed by atoms with Gasteiger partial charge in [0.05, 0.1) is 0 Å². The number of benzene rings is 2. The summed E-state index contributed by atoms with van der Waals surface area (Å²) in [4.78, 5) is 29.5. The van der Waals surface area contributed by atoms with Gasteiger partial charge in [0.25, 0.3) is 5.91 Å². The molecule has 0 spiro atoms. The molecular formula is C26H29N3O2S. The van der Waals surface area contributed by atoms with Crippen molar-refractivity contribution in [3.8, 4) is 0 Å². The van der Waals surface area contributed by atoms with Crippen LogP contribution in [0.4, 0.5) is 0 Å². The maximum atomic E-state index is 13.1. The van der Waals surface area contributed by atoms with Crippen molar-refractivity contribution in [1.29, 1.82) is 0 Å². The number of rotatable bonds is 8. The van der Waals surface area contributed by atoms with E-state index in [1.165, 1.54) is 22.5 Å². The van der Waals surface area contributed by atoms with Crippen molar-refractivity contribution in [3.63, 3.8) is 0 Å². The van der Waals surface area contributed by atoms with Crippen LogP contribution in [0, 0.1) is 0 Å². The summed E-state index contributed by atoms with van der Waals surface area (Å²) < 4.78 is 0. The van der Waals surface area contributed by atoms with Crippen molar-refractivity contribution in [3.05, 3.63) is 94.2 Å². The van der Waals surface area contributed by atoms with E-state index in [9.17, 15) is 9.59 Å². The monoisotopic (exact) mass is 447 g/mol. The second-order valence-electron chi connectivity index (χ2n) is 8.07. The molecule has 0 aliphatic carbocycles. The fourth-order valence-corrected chi connectivity index (χ4v) is 4.78. The van der Waals surface area contributed by atoms with Gasteiger partial charge in [-0.25, -0.2) is 0 Å². The lowest BCUT2D eigenvalue weighted by molar-refractivity contribution is -0.133. The van der Waals surface area contributed by atoms with Crippen LogP contribution < -0.4 is 5.32 Å². The van der Waals surface area contributed by atoms with Gasteiger partial charge in [-0.3, -0.25) is 14.5 Å². The molecule has 5 nitrogen and oxygen atoms in total. The van der Waals surface area contributed by atoms with Crippen LogP contribution in [0.3, 0.4) is 0 Å². The Morgan fingerprint density at radius 1 is 0.875 bits per heavy atom. The fourth-order valence-electron chi connectivity index (χ4n) is 4.15. The molecule has 4 rings (SSSR count). The first-order valence-electron chi connectivity index (χ1n) is 11.1. The predicted octanol–water partition coefficient (Wildman–Crippen LogP) is 3.84. The van der Waals surface area contributed by atoms with Crippen molar-refractivity contribution < 1.29 is 9.59 Å². The SMILES string of the molecule is O=C(NCCN1CCN(C(=O)CC(c2ccccc2)c2ccccc2)CC1)c1ccsc1. The molecule has 1 aliphatic rings. The van der Waals surface area contributed by atoms with Crippen molar-refractivity contribution >= 4 is 23.2 Å². The summed E-state index contributed by atoms with van der Waals surface area (Å²) >= 11 is 1.52. The summed E-state index contributed by atoms with van der Waals surface area (Å²) in [6.45, 7) is 4.55. The van der Waals surface area contributed by atoms with Gasteiger partial charge in [-0.2, -0.15) is 11.3 Å². The van der Waals surface area contributed by atoms with Crippen LogP contribution in [0.1, 0.15) is 33.8 Å². The molecule has 2 aromatic carbocycles. The third-order valence-corrected chi connectivity index (χ3v) is 6.69. The maximum Gasteiger partial charge on any atom is 0.252 e. The molecule has 0 bridgehead atoms. The molecular weight excluding hydrogens is 418 g/mol. The molecule has 1 aliphatic heterocycles. The zero-order valence-corrected chi connectivity index (χ0v) is 19.0. The van der Waals surface area contributed by atoms with E-state index < -0.39 is 0 Å². The summed E-state index contributed by atoms with van der Waals surface area (Å²) in [6, 6.07) is 22.4. The van der Waals surface area contributed by atoms with Gasteiger partial charge in [0.15, 0.2) is 0 Å². The molecule has 1 saturated heterocycles. The molecule has 0 unspecified atom stereocenters. The largest absolute Gasteiger partial charge is 0.351 e. The van der Waals surface area contributed by atoms with Crippen molar-refractivity contribution in [2.75, 3.05) is 39.3 Å². The van der Waals surface area contributed by atoms with Crippen LogP contribution in [0.2, 0.25) is 0 Å². The van der Waals surface area contributed by atoms with E-state index in [1.54, 1.807) is 0 Å². The van der Waals surface area contributed by atoms with E-state index in [0.29, 0.717) is 13.0 Å². The van der Waals surface area contributed by atoms with Gasteiger partial charge in [0.2, 0.25) is 5.91 Å². The third kappa shape index (κ3) is 5.84. The van der Waals surface area contributed by atoms with Crippen LogP contribution in [-0.2, 0) is 4.79 Å². The number of nitrogens with zero attached hydrogens (tertiary/aromatic N) is 2. The highest BCUT2D eigenvalue weighted by Gasteiger charge is 2.25. The van der Waals surface area contributed by atoms with Gasteiger partial charge in [0, 0.05) is 62.6 Å². The Bertz CT molecular complexity index is 945. The quantitative estimate of drug-likeness (QED) is 0.571. The Kier molecular flexibility index (Phi) is 7.69. The number of carbonyl (C=O) groups excluding carboxylic acids is 2. The Labute approximate surface area is 193 Å². The molecule has 32 heavy (non-hydrogen) atoms. The molecule has 1 N–H and O–H groups in total. The molecule has 1 fully saturated rings. The average molecular weight is 448 g/mol. The highest BCUT2D eigenvalue weighted by Crippen LogP contribution is 2.28. The molecule has 0 radical (unpaired) electrons. The van der Waals surface area contributed by atoms with Gasteiger partial charge in [-0.05, 0) is 22.6 Å². The molecule has 6 heteroatoms. The predicted molar refractivity (Wildman–Crippen MR) is 129 cm³/mol. The number of amides is 2. The number of hydrogen-bond donors (Lipinski definition) is 1. The van der Waals surface area contributed by atoms with E-state index in [4.69, 9.17) is 0 Å². The van der Waals surface area contributed by atoms with E-state index in [2.05, 4.69) is 34.5 Å². The summed E-state index contributed by atoms with van der Waals surface area (Å²) in [5.41, 5.74) is 3.07. The molecule has 2 heterocycles. The number of piperazine rings is 1. The van der Waals surface area contributed by atoms with E-state index >= 15 is 0 Å². The zero-order chi connectivity index (χ0) is 22.2. The highest BCUT2D eigenvalue weighted by molar-refractivity contribution is 7.08. The molecule has 2 amide bonds. The Morgan fingerprint density at radius 2 is 1.50 bits per heavy atom. The standard InChI is InChI=1S/C26H29N3O2S/c30-25(19-24(21-7-3-1-4-8-21)22-9-5-2-6-10-22)29-16-14-28(15-17-29)13-12-27-26(31)23-11-18-32-20-23/h1-11,18,20,24H,12-17,19H2,(H,27,31). The van der Waals surface area contributed by atoms with Crippen molar-refractivity contribution in [1.82, 2.24) is 15.1 Å². The van der Waals surface area contributed by atoms with Gasteiger partial charge >= 0.3 is 0 Å². The first-order chi connectivity index (χ1) is 15.7. The summed E-state index contributed by atoms with van der Waals surface area (Å²) in [7, 11) is 0. The van der Waals surface area contributed by atoms with Crippen LogP contribution >= 0.6 is 11.3 Å². The highest BCUT2D eigenvalue weighted by atomic mass is 32.1. The molecule has 0 saturated carbocycles.